The first-order valence-corrected chi connectivity index (χ1v) is 10.5. The lowest BCUT2D eigenvalue weighted by molar-refractivity contribution is -0.123. The number of benzene rings is 2. The van der Waals surface area contributed by atoms with E-state index in [9.17, 15) is 14.0 Å². The van der Waals surface area contributed by atoms with Crippen molar-refractivity contribution < 1.29 is 14.0 Å². The smallest absolute Gasteiger partial charge is 0.251 e. The van der Waals surface area contributed by atoms with Crippen molar-refractivity contribution in [1.29, 1.82) is 0 Å². The highest BCUT2D eigenvalue weighted by atomic mass is 35.5. The molecule has 2 amide bonds. The van der Waals surface area contributed by atoms with Gasteiger partial charge in [-0.05, 0) is 48.5 Å². The van der Waals surface area contributed by atoms with Gasteiger partial charge in [0.25, 0.3) is 5.91 Å². The number of halogens is 2. The number of hydrogen-bond acceptors (Lipinski definition) is 5. The second kappa shape index (κ2) is 7.90. The van der Waals surface area contributed by atoms with Crippen LogP contribution in [0.4, 0.5) is 15.8 Å². The Morgan fingerprint density at radius 3 is 2.45 bits per heavy atom. The van der Waals surface area contributed by atoms with Crippen LogP contribution < -0.4 is 9.80 Å². The van der Waals surface area contributed by atoms with E-state index >= 15 is 0 Å². The molecule has 3 aromatic rings. The molecule has 0 radical (unpaired) electrons. The van der Waals surface area contributed by atoms with E-state index in [4.69, 9.17) is 11.6 Å². The molecular weight excluding hydrogens is 419 g/mol. The van der Waals surface area contributed by atoms with Gasteiger partial charge in [-0.3, -0.25) is 19.5 Å². The van der Waals surface area contributed by atoms with Crippen LogP contribution in [0.5, 0.6) is 0 Å². The quantitative estimate of drug-likeness (QED) is 0.586. The van der Waals surface area contributed by atoms with E-state index < -0.39 is 11.9 Å². The Morgan fingerprint density at radius 1 is 0.968 bits per heavy atom. The predicted molar refractivity (Wildman–Crippen MR) is 118 cm³/mol. The van der Waals surface area contributed by atoms with Crippen molar-refractivity contribution in [1.82, 2.24) is 9.88 Å². The van der Waals surface area contributed by atoms with Crippen molar-refractivity contribution in [2.45, 2.75) is 12.5 Å². The zero-order valence-electron chi connectivity index (χ0n) is 16.7. The number of piperazine rings is 1. The summed E-state index contributed by atoms with van der Waals surface area (Å²) in [6.45, 7) is 2.79. The molecule has 5 rings (SSSR count). The fourth-order valence-electron chi connectivity index (χ4n) is 4.42. The lowest BCUT2D eigenvalue weighted by Crippen LogP contribution is -2.52. The van der Waals surface area contributed by atoms with Crippen LogP contribution in [0.1, 0.15) is 6.42 Å². The lowest BCUT2D eigenvalue weighted by Gasteiger charge is -2.38. The summed E-state index contributed by atoms with van der Waals surface area (Å²) in [7, 11) is 0. The first-order valence-electron chi connectivity index (χ1n) is 10.2. The third-order valence-electron chi connectivity index (χ3n) is 5.99. The largest absolute Gasteiger partial charge is 0.368 e. The summed E-state index contributed by atoms with van der Waals surface area (Å²) < 4.78 is 13.2. The molecule has 6 nitrogen and oxygen atoms in total. The highest BCUT2D eigenvalue weighted by molar-refractivity contribution is 6.31. The number of amides is 2. The van der Waals surface area contributed by atoms with E-state index in [-0.39, 0.29) is 18.2 Å². The van der Waals surface area contributed by atoms with E-state index in [0.717, 1.165) is 29.7 Å². The summed E-state index contributed by atoms with van der Waals surface area (Å²) in [5.41, 5.74) is 2.35. The lowest BCUT2D eigenvalue weighted by atomic mass is 10.1. The number of rotatable bonds is 3. The van der Waals surface area contributed by atoms with Crippen molar-refractivity contribution in [3.05, 3.63) is 65.6 Å². The molecule has 31 heavy (non-hydrogen) atoms. The van der Waals surface area contributed by atoms with E-state index in [1.165, 1.54) is 29.2 Å². The highest BCUT2D eigenvalue weighted by Gasteiger charge is 2.43. The molecule has 2 aliphatic heterocycles. The fourth-order valence-corrected chi connectivity index (χ4v) is 4.59. The van der Waals surface area contributed by atoms with Crippen LogP contribution in [0.25, 0.3) is 10.9 Å². The Morgan fingerprint density at radius 2 is 1.71 bits per heavy atom. The standard InChI is InChI=1S/C23H20ClFN4O2/c24-15-1-6-18-19(13-15)26-8-7-20(18)27-9-11-28(12-10-27)21-14-22(30)29(23(21)31)17-4-2-16(25)3-5-17/h1-8,13,21H,9-12,14H2/t21-/m0/s1. The molecule has 0 unspecified atom stereocenters. The number of carbonyl (C=O) groups excluding carboxylic acids is 2. The van der Waals surface area contributed by atoms with Crippen molar-refractivity contribution in [3.8, 4) is 0 Å². The van der Waals surface area contributed by atoms with Crippen LogP contribution >= 0.6 is 11.6 Å². The van der Waals surface area contributed by atoms with E-state index in [1.807, 2.05) is 24.3 Å². The van der Waals surface area contributed by atoms with Crippen LogP contribution in [0.2, 0.25) is 5.02 Å². The number of nitrogens with zero attached hydrogens (tertiary/aromatic N) is 4. The monoisotopic (exact) mass is 438 g/mol. The molecule has 158 valence electrons. The van der Waals surface area contributed by atoms with Crippen LogP contribution in [0.15, 0.2) is 54.7 Å². The number of aromatic nitrogens is 1. The topological polar surface area (TPSA) is 56.8 Å². The van der Waals surface area contributed by atoms with Gasteiger partial charge in [-0.15, -0.1) is 0 Å². The number of hydrogen-bond donors (Lipinski definition) is 0. The zero-order valence-corrected chi connectivity index (χ0v) is 17.4. The Labute approximate surface area is 183 Å². The molecule has 2 aliphatic rings. The van der Waals surface area contributed by atoms with E-state index in [0.29, 0.717) is 23.8 Å². The SMILES string of the molecule is O=C1C[C@H](N2CCN(c3ccnc4cc(Cl)ccc34)CC2)C(=O)N1c1ccc(F)cc1. The second-order valence-corrected chi connectivity index (χ2v) is 8.21. The van der Waals surface area contributed by atoms with Gasteiger partial charge in [-0.25, -0.2) is 9.29 Å². The Balaban J connectivity index is 1.30. The maximum Gasteiger partial charge on any atom is 0.251 e. The Bertz CT molecular complexity index is 1160. The van der Waals surface area contributed by atoms with E-state index in [1.54, 1.807) is 6.20 Å². The molecule has 2 aromatic carbocycles. The molecule has 0 N–H and O–H groups in total. The van der Waals surface area contributed by atoms with Gasteiger partial charge in [0, 0.05) is 48.5 Å². The number of imide groups is 1. The molecule has 3 heterocycles. The average Bonchev–Trinajstić information content (AvgIpc) is 3.08. The molecule has 0 bridgehead atoms. The van der Waals surface area contributed by atoms with Gasteiger partial charge in [-0.2, -0.15) is 0 Å². The first kappa shape index (κ1) is 19.9. The summed E-state index contributed by atoms with van der Waals surface area (Å²) in [5, 5.41) is 1.69. The van der Waals surface area contributed by atoms with Gasteiger partial charge in [0.2, 0.25) is 5.91 Å². The maximum atomic E-state index is 13.2. The van der Waals surface area contributed by atoms with Gasteiger partial charge in [0.1, 0.15) is 5.82 Å². The zero-order chi connectivity index (χ0) is 21.5. The summed E-state index contributed by atoms with van der Waals surface area (Å²) in [6.07, 6.45) is 1.92. The van der Waals surface area contributed by atoms with Crippen LogP contribution in [-0.4, -0.2) is 53.9 Å². The molecule has 1 atom stereocenters. The average molecular weight is 439 g/mol. The minimum absolute atomic E-state index is 0.146. The Kier molecular flexibility index (Phi) is 5.08. The molecule has 1 aromatic heterocycles. The van der Waals surface area contributed by atoms with Crippen molar-refractivity contribution in [3.63, 3.8) is 0 Å². The second-order valence-electron chi connectivity index (χ2n) is 7.78. The summed E-state index contributed by atoms with van der Waals surface area (Å²) in [5.74, 6) is -0.892. The summed E-state index contributed by atoms with van der Waals surface area (Å²) in [6, 6.07) is 12.6. The van der Waals surface area contributed by atoms with E-state index in [2.05, 4.69) is 14.8 Å². The predicted octanol–water partition coefficient (Wildman–Crippen LogP) is 3.48. The number of pyridine rings is 1. The van der Waals surface area contributed by atoms with Crippen LogP contribution in [0, 0.1) is 5.82 Å². The van der Waals surface area contributed by atoms with Gasteiger partial charge in [-0.1, -0.05) is 11.6 Å². The molecule has 0 aliphatic carbocycles. The molecule has 0 saturated carbocycles. The number of carbonyl (C=O) groups is 2. The molecule has 8 heteroatoms. The fraction of sp³-hybridized carbons (Fsp3) is 0.261. The first-order chi connectivity index (χ1) is 15.0. The third-order valence-corrected chi connectivity index (χ3v) is 6.22. The maximum absolute atomic E-state index is 13.2. The van der Waals surface area contributed by atoms with Crippen molar-refractivity contribution in [2.24, 2.45) is 0 Å². The van der Waals surface area contributed by atoms with Crippen LogP contribution in [-0.2, 0) is 9.59 Å². The normalized spacial score (nSPS) is 20.1. The van der Waals surface area contributed by atoms with Crippen LogP contribution in [0.3, 0.4) is 0 Å². The van der Waals surface area contributed by atoms with Gasteiger partial charge >= 0.3 is 0 Å². The van der Waals surface area contributed by atoms with Gasteiger partial charge in [0.15, 0.2) is 0 Å². The van der Waals surface area contributed by atoms with Crippen molar-refractivity contribution >= 4 is 45.7 Å². The van der Waals surface area contributed by atoms with Crippen molar-refractivity contribution in [2.75, 3.05) is 36.0 Å². The summed E-state index contributed by atoms with van der Waals surface area (Å²) in [4.78, 5) is 35.5. The molecule has 0 spiro atoms. The minimum Gasteiger partial charge on any atom is -0.368 e. The van der Waals surface area contributed by atoms with Gasteiger partial charge in [0.05, 0.1) is 23.7 Å². The summed E-state index contributed by atoms with van der Waals surface area (Å²) >= 11 is 6.10. The highest BCUT2D eigenvalue weighted by Crippen LogP contribution is 2.30. The minimum atomic E-state index is -0.479. The molecule has 2 fully saturated rings. The third kappa shape index (κ3) is 3.64. The number of fused-ring (bicyclic) bond motifs is 1. The number of anilines is 2. The van der Waals surface area contributed by atoms with Gasteiger partial charge < -0.3 is 4.90 Å². The molecular formula is C23H20ClFN4O2. The Hall–Kier alpha value is -3.03. The molecule has 2 saturated heterocycles.